The van der Waals surface area contributed by atoms with Crippen LogP contribution in [0.15, 0.2) is 42.7 Å². The van der Waals surface area contributed by atoms with Crippen LogP contribution in [0, 0.1) is 0 Å². The summed E-state index contributed by atoms with van der Waals surface area (Å²) in [6.07, 6.45) is 3.13. The fourth-order valence-electron chi connectivity index (χ4n) is 1.62. The molecule has 2 heterocycles. The molecule has 0 bridgehead atoms. The number of anilines is 1. The number of rotatable bonds is 2. The first-order valence-corrected chi connectivity index (χ1v) is 6.69. The molecule has 1 amide bonds. The standard InChI is InChI=1S/C13H8ClN3OS/c14-9-3-4-10-11(6-9)19-13(16-10)17-12(18)8-2-1-5-15-7-8/h1-7H,(H,16,17,18). The van der Waals surface area contributed by atoms with Crippen LogP contribution in [-0.2, 0) is 0 Å². The number of nitrogens with one attached hydrogen (secondary N) is 1. The molecule has 1 N–H and O–H groups in total. The molecule has 2 aromatic heterocycles. The summed E-state index contributed by atoms with van der Waals surface area (Å²) in [6, 6.07) is 8.85. The molecule has 0 unspecified atom stereocenters. The van der Waals surface area contributed by atoms with Gasteiger partial charge in [0.1, 0.15) is 0 Å². The number of hydrogen-bond donors (Lipinski definition) is 1. The van der Waals surface area contributed by atoms with Gasteiger partial charge in [-0.15, -0.1) is 0 Å². The predicted molar refractivity (Wildman–Crippen MR) is 76.8 cm³/mol. The van der Waals surface area contributed by atoms with E-state index in [1.165, 1.54) is 17.5 Å². The van der Waals surface area contributed by atoms with Crippen molar-refractivity contribution in [1.29, 1.82) is 0 Å². The monoisotopic (exact) mass is 289 g/mol. The zero-order chi connectivity index (χ0) is 13.2. The van der Waals surface area contributed by atoms with Crippen molar-refractivity contribution in [3.05, 3.63) is 53.3 Å². The summed E-state index contributed by atoms with van der Waals surface area (Å²) in [6.45, 7) is 0. The molecule has 3 rings (SSSR count). The quantitative estimate of drug-likeness (QED) is 0.784. The lowest BCUT2D eigenvalue weighted by atomic mass is 10.3. The van der Waals surface area contributed by atoms with Gasteiger partial charge in [-0.25, -0.2) is 4.98 Å². The Bertz CT molecular complexity index is 742. The van der Waals surface area contributed by atoms with E-state index >= 15 is 0 Å². The van der Waals surface area contributed by atoms with Crippen molar-refractivity contribution >= 4 is 44.2 Å². The maximum atomic E-state index is 11.9. The second-order valence-corrected chi connectivity index (χ2v) is 5.29. The van der Waals surface area contributed by atoms with Gasteiger partial charge in [-0.1, -0.05) is 22.9 Å². The molecule has 0 saturated heterocycles. The molecule has 0 aliphatic carbocycles. The summed E-state index contributed by atoms with van der Waals surface area (Å²) < 4.78 is 0.939. The lowest BCUT2D eigenvalue weighted by Crippen LogP contribution is -2.11. The predicted octanol–water partition coefficient (Wildman–Crippen LogP) is 3.60. The molecule has 0 fully saturated rings. The van der Waals surface area contributed by atoms with Crippen molar-refractivity contribution in [2.45, 2.75) is 0 Å². The van der Waals surface area contributed by atoms with Gasteiger partial charge in [0.2, 0.25) is 0 Å². The number of nitrogens with zero attached hydrogens (tertiary/aromatic N) is 2. The van der Waals surface area contributed by atoms with Gasteiger partial charge in [-0.3, -0.25) is 15.1 Å². The fraction of sp³-hybridized carbons (Fsp3) is 0. The Morgan fingerprint density at radius 2 is 2.21 bits per heavy atom. The number of carbonyl (C=O) groups is 1. The van der Waals surface area contributed by atoms with Gasteiger partial charge >= 0.3 is 0 Å². The number of halogens is 1. The summed E-state index contributed by atoms with van der Waals surface area (Å²) in [5.41, 5.74) is 1.32. The van der Waals surface area contributed by atoms with Crippen LogP contribution in [0.1, 0.15) is 10.4 Å². The van der Waals surface area contributed by atoms with E-state index in [0.717, 1.165) is 10.2 Å². The Kier molecular flexibility index (Phi) is 3.15. The topological polar surface area (TPSA) is 54.9 Å². The highest BCUT2D eigenvalue weighted by Crippen LogP contribution is 2.28. The minimum atomic E-state index is -0.224. The van der Waals surface area contributed by atoms with Crippen molar-refractivity contribution in [2.24, 2.45) is 0 Å². The molecule has 1 aromatic carbocycles. The van der Waals surface area contributed by atoms with E-state index in [2.05, 4.69) is 15.3 Å². The maximum absolute atomic E-state index is 11.9. The zero-order valence-electron chi connectivity index (χ0n) is 9.63. The molecule has 19 heavy (non-hydrogen) atoms. The summed E-state index contributed by atoms with van der Waals surface area (Å²) in [5.74, 6) is -0.224. The van der Waals surface area contributed by atoms with E-state index < -0.39 is 0 Å². The van der Waals surface area contributed by atoms with Crippen LogP contribution in [0.5, 0.6) is 0 Å². The molecule has 0 saturated carbocycles. The van der Waals surface area contributed by atoms with Crippen molar-refractivity contribution in [2.75, 3.05) is 5.32 Å². The summed E-state index contributed by atoms with van der Waals surface area (Å²) >= 11 is 7.30. The van der Waals surface area contributed by atoms with Gasteiger partial charge in [0.15, 0.2) is 5.13 Å². The van der Waals surface area contributed by atoms with Crippen LogP contribution < -0.4 is 5.32 Å². The van der Waals surface area contributed by atoms with E-state index in [9.17, 15) is 4.79 Å². The number of fused-ring (bicyclic) bond motifs is 1. The van der Waals surface area contributed by atoms with Crippen LogP contribution >= 0.6 is 22.9 Å². The molecule has 0 spiro atoms. The fourth-order valence-corrected chi connectivity index (χ4v) is 2.76. The number of pyridine rings is 1. The number of benzene rings is 1. The SMILES string of the molecule is O=C(Nc1nc2ccc(Cl)cc2s1)c1cccnc1. The van der Waals surface area contributed by atoms with Crippen LogP contribution in [-0.4, -0.2) is 15.9 Å². The highest BCUT2D eigenvalue weighted by atomic mass is 35.5. The maximum Gasteiger partial charge on any atom is 0.259 e. The minimum Gasteiger partial charge on any atom is -0.298 e. The number of aromatic nitrogens is 2. The third kappa shape index (κ3) is 2.57. The highest BCUT2D eigenvalue weighted by molar-refractivity contribution is 7.22. The van der Waals surface area contributed by atoms with Crippen LogP contribution in [0.25, 0.3) is 10.2 Å². The van der Waals surface area contributed by atoms with Crippen LogP contribution in [0.2, 0.25) is 5.02 Å². The zero-order valence-corrected chi connectivity index (χ0v) is 11.2. The normalized spacial score (nSPS) is 10.6. The van der Waals surface area contributed by atoms with Crippen LogP contribution in [0.3, 0.4) is 0 Å². The average molecular weight is 290 g/mol. The van der Waals surface area contributed by atoms with E-state index in [1.807, 2.05) is 12.1 Å². The number of amides is 1. The molecule has 6 heteroatoms. The molecular formula is C13H8ClN3OS. The lowest BCUT2D eigenvalue weighted by Gasteiger charge is -1.99. The Hall–Kier alpha value is -1.98. The largest absolute Gasteiger partial charge is 0.298 e. The first-order valence-electron chi connectivity index (χ1n) is 5.50. The molecular weight excluding hydrogens is 282 g/mol. The molecule has 3 aromatic rings. The second kappa shape index (κ2) is 4.95. The van der Waals surface area contributed by atoms with Crippen molar-refractivity contribution in [3.8, 4) is 0 Å². The lowest BCUT2D eigenvalue weighted by molar-refractivity contribution is 0.102. The molecule has 94 valence electrons. The first kappa shape index (κ1) is 12.1. The second-order valence-electron chi connectivity index (χ2n) is 3.83. The molecule has 0 atom stereocenters. The van der Waals surface area contributed by atoms with Gasteiger partial charge in [-0.2, -0.15) is 0 Å². The van der Waals surface area contributed by atoms with Gasteiger partial charge < -0.3 is 0 Å². The van der Waals surface area contributed by atoms with Gasteiger partial charge in [0, 0.05) is 17.4 Å². The third-order valence-corrected chi connectivity index (χ3v) is 3.66. The third-order valence-electron chi connectivity index (χ3n) is 2.49. The summed E-state index contributed by atoms with van der Waals surface area (Å²) in [7, 11) is 0. The van der Waals surface area contributed by atoms with Crippen molar-refractivity contribution in [3.63, 3.8) is 0 Å². The molecule has 0 aliphatic heterocycles. The van der Waals surface area contributed by atoms with Gasteiger partial charge in [-0.05, 0) is 30.3 Å². The summed E-state index contributed by atoms with van der Waals surface area (Å²) in [4.78, 5) is 20.2. The highest BCUT2D eigenvalue weighted by Gasteiger charge is 2.09. The van der Waals surface area contributed by atoms with Gasteiger partial charge in [0.25, 0.3) is 5.91 Å². The average Bonchev–Trinajstić information content (AvgIpc) is 2.81. The van der Waals surface area contributed by atoms with Crippen LogP contribution in [0.4, 0.5) is 5.13 Å². The van der Waals surface area contributed by atoms with Crippen molar-refractivity contribution in [1.82, 2.24) is 9.97 Å². The first-order chi connectivity index (χ1) is 9.22. The Morgan fingerprint density at radius 3 is 3.00 bits per heavy atom. The van der Waals surface area contributed by atoms with E-state index in [1.54, 1.807) is 24.4 Å². The number of carbonyl (C=O) groups excluding carboxylic acids is 1. The Labute approximate surface area is 118 Å². The minimum absolute atomic E-state index is 0.224. The van der Waals surface area contributed by atoms with E-state index in [0.29, 0.717) is 15.7 Å². The Morgan fingerprint density at radius 1 is 1.32 bits per heavy atom. The van der Waals surface area contributed by atoms with E-state index in [4.69, 9.17) is 11.6 Å². The van der Waals surface area contributed by atoms with Crippen molar-refractivity contribution < 1.29 is 4.79 Å². The molecule has 4 nitrogen and oxygen atoms in total. The number of hydrogen-bond acceptors (Lipinski definition) is 4. The smallest absolute Gasteiger partial charge is 0.259 e. The molecule has 0 radical (unpaired) electrons. The van der Waals surface area contributed by atoms with Gasteiger partial charge in [0.05, 0.1) is 15.8 Å². The molecule has 0 aliphatic rings. The number of thiazole rings is 1. The summed E-state index contributed by atoms with van der Waals surface area (Å²) in [5, 5.41) is 3.95. The van der Waals surface area contributed by atoms with E-state index in [-0.39, 0.29) is 5.91 Å². The Balaban J connectivity index is 1.87.